The molecule has 0 bridgehead atoms. The summed E-state index contributed by atoms with van der Waals surface area (Å²) in [6.07, 6.45) is 5.88. The zero-order chi connectivity index (χ0) is 13.5. The molecule has 1 fully saturated rings. The molecule has 0 radical (unpaired) electrons. The molecule has 1 amide bonds. The molecule has 19 heavy (non-hydrogen) atoms. The van der Waals surface area contributed by atoms with E-state index in [9.17, 15) is 4.79 Å². The minimum absolute atomic E-state index is 0.120. The first-order chi connectivity index (χ1) is 9.28. The van der Waals surface area contributed by atoms with Crippen LogP contribution in [-0.2, 0) is 4.79 Å². The lowest BCUT2D eigenvalue weighted by molar-refractivity contribution is -0.119. The molecule has 1 aromatic rings. The first-order valence-electron chi connectivity index (χ1n) is 6.66. The van der Waals surface area contributed by atoms with Gasteiger partial charge in [0.2, 0.25) is 5.91 Å². The number of carbonyl (C=O) groups is 1. The van der Waals surface area contributed by atoms with E-state index in [4.69, 9.17) is 0 Å². The molecule has 0 atom stereocenters. The second-order valence-electron chi connectivity index (χ2n) is 4.52. The van der Waals surface area contributed by atoms with Gasteiger partial charge in [-0.1, -0.05) is 54.6 Å². The zero-order valence-electron chi connectivity index (χ0n) is 11.1. The van der Waals surface area contributed by atoms with Gasteiger partial charge >= 0.3 is 0 Å². The molecule has 0 unspecified atom stereocenters. The predicted molar refractivity (Wildman–Crippen MR) is 82.0 cm³/mol. The molecule has 1 saturated carbocycles. The van der Waals surface area contributed by atoms with Crippen molar-refractivity contribution in [3.8, 4) is 0 Å². The van der Waals surface area contributed by atoms with Crippen molar-refractivity contribution in [2.24, 2.45) is 0 Å². The Bertz CT molecular complexity index is 405. The summed E-state index contributed by atoms with van der Waals surface area (Å²) in [6, 6.07) is 0.401. The maximum absolute atomic E-state index is 11.8. The molecule has 0 aliphatic heterocycles. The van der Waals surface area contributed by atoms with E-state index < -0.39 is 0 Å². The van der Waals surface area contributed by atoms with E-state index in [1.54, 1.807) is 23.1 Å². The van der Waals surface area contributed by atoms with Crippen molar-refractivity contribution in [1.29, 1.82) is 0 Å². The molecule has 0 spiro atoms. The lowest BCUT2D eigenvalue weighted by Gasteiger charge is -2.10. The van der Waals surface area contributed by atoms with Crippen molar-refractivity contribution in [3.63, 3.8) is 0 Å². The van der Waals surface area contributed by atoms with Gasteiger partial charge in [0.05, 0.1) is 5.75 Å². The number of nitrogens with one attached hydrogen (secondary N) is 1. The van der Waals surface area contributed by atoms with Gasteiger partial charge < -0.3 is 5.32 Å². The number of nitrogens with zero attached hydrogens (tertiary/aromatic N) is 2. The Morgan fingerprint density at radius 3 is 2.68 bits per heavy atom. The second-order valence-corrected chi connectivity index (χ2v) is 8.06. The normalized spacial score (nSPS) is 15.8. The first kappa shape index (κ1) is 15.1. The van der Waals surface area contributed by atoms with Crippen LogP contribution in [0.5, 0.6) is 0 Å². The Balaban J connectivity index is 1.69. The average Bonchev–Trinajstić information content (AvgIpc) is 3.05. The van der Waals surface area contributed by atoms with Gasteiger partial charge in [0.25, 0.3) is 0 Å². The topological polar surface area (TPSA) is 54.9 Å². The molecule has 2 rings (SSSR count). The fourth-order valence-corrected chi connectivity index (χ4v) is 4.73. The van der Waals surface area contributed by atoms with Gasteiger partial charge in [-0.3, -0.25) is 4.79 Å². The quantitative estimate of drug-likeness (QED) is 0.783. The molecule has 1 aromatic heterocycles. The smallest absolute Gasteiger partial charge is 0.230 e. The molecule has 1 heterocycles. The molecule has 0 saturated heterocycles. The molecule has 0 aromatic carbocycles. The van der Waals surface area contributed by atoms with Crippen molar-refractivity contribution < 1.29 is 4.79 Å². The van der Waals surface area contributed by atoms with Gasteiger partial charge in [-0.25, -0.2) is 0 Å². The Hall–Kier alpha value is -0.270. The number of hydrogen-bond donors (Lipinski definition) is 1. The highest BCUT2D eigenvalue weighted by Crippen LogP contribution is 2.29. The van der Waals surface area contributed by atoms with Crippen LogP contribution >= 0.6 is 34.9 Å². The predicted octanol–water partition coefficient (Wildman–Crippen LogP) is 3.19. The van der Waals surface area contributed by atoms with Crippen LogP contribution in [0.2, 0.25) is 0 Å². The third-order valence-electron chi connectivity index (χ3n) is 2.86. The Labute approximate surface area is 126 Å². The number of aromatic nitrogens is 2. The fraction of sp³-hybridized carbons (Fsp3) is 0.750. The molecule has 1 aliphatic carbocycles. The molecule has 7 heteroatoms. The average molecular weight is 318 g/mol. The van der Waals surface area contributed by atoms with Gasteiger partial charge in [0.15, 0.2) is 8.68 Å². The Morgan fingerprint density at radius 2 is 2.00 bits per heavy atom. The number of carbonyl (C=O) groups excluding carboxylic acids is 1. The standard InChI is InChI=1S/C12H19N3OS3/c1-2-7-17-11-14-15-12(19-11)18-8-10(16)13-9-5-3-4-6-9/h9H,2-8H2,1H3,(H,13,16). The van der Waals surface area contributed by atoms with E-state index in [1.165, 1.54) is 24.6 Å². The van der Waals surface area contributed by atoms with Gasteiger partial charge in [0.1, 0.15) is 0 Å². The van der Waals surface area contributed by atoms with E-state index in [-0.39, 0.29) is 5.91 Å². The van der Waals surface area contributed by atoms with E-state index >= 15 is 0 Å². The second kappa shape index (κ2) is 8.11. The van der Waals surface area contributed by atoms with Crippen LogP contribution in [-0.4, -0.2) is 33.7 Å². The highest BCUT2D eigenvalue weighted by molar-refractivity contribution is 8.03. The lowest BCUT2D eigenvalue weighted by Crippen LogP contribution is -2.33. The molecule has 1 aliphatic rings. The summed E-state index contributed by atoms with van der Waals surface area (Å²) in [5.74, 6) is 1.64. The minimum atomic E-state index is 0.120. The largest absolute Gasteiger partial charge is 0.353 e. The zero-order valence-corrected chi connectivity index (χ0v) is 13.5. The van der Waals surface area contributed by atoms with E-state index in [2.05, 4.69) is 22.4 Å². The summed E-state index contributed by atoms with van der Waals surface area (Å²) >= 11 is 4.80. The van der Waals surface area contributed by atoms with Crippen LogP contribution in [0.4, 0.5) is 0 Å². The van der Waals surface area contributed by atoms with Gasteiger partial charge in [0, 0.05) is 11.8 Å². The SMILES string of the molecule is CCCSc1nnc(SCC(=O)NC2CCCC2)s1. The number of hydrogen-bond acceptors (Lipinski definition) is 6. The van der Waals surface area contributed by atoms with Crippen molar-refractivity contribution in [2.75, 3.05) is 11.5 Å². The van der Waals surface area contributed by atoms with Crippen LogP contribution in [0.25, 0.3) is 0 Å². The summed E-state index contributed by atoms with van der Waals surface area (Å²) in [5.41, 5.74) is 0. The van der Waals surface area contributed by atoms with Gasteiger partial charge in [-0.2, -0.15) is 0 Å². The van der Waals surface area contributed by atoms with Crippen LogP contribution in [0.15, 0.2) is 8.68 Å². The highest BCUT2D eigenvalue weighted by Gasteiger charge is 2.17. The first-order valence-corrected chi connectivity index (χ1v) is 9.45. The maximum Gasteiger partial charge on any atom is 0.230 e. The molecular formula is C12H19N3OS3. The van der Waals surface area contributed by atoms with Gasteiger partial charge in [-0.15, -0.1) is 10.2 Å². The van der Waals surface area contributed by atoms with Crippen molar-refractivity contribution in [3.05, 3.63) is 0 Å². The monoisotopic (exact) mass is 317 g/mol. The van der Waals surface area contributed by atoms with E-state index in [0.717, 1.165) is 33.7 Å². The summed E-state index contributed by atoms with van der Waals surface area (Å²) in [5, 5.41) is 11.3. The summed E-state index contributed by atoms with van der Waals surface area (Å²) in [7, 11) is 0. The van der Waals surface area contributed by atoms with Crippen LogP contribution in [0, 0.1) is 0 Å². The van der Waals surface area contributed by atoms with E-state index in [0.29, 0.717) is 11.8 Å². The highest BCUT2D eigenvalue weighted by atomic mass is 32.2. The number of thioether (sulfide) groups is 2. The molecule has 106 valence electrons. The summed E-state index contributed by atoms with van der Waals surface area (Å²) < 4.78 is 1.89. The third-order valence-corrected chi connectivity index (χ3v) is 6.26. The minimum Gasteiger partial charge on any atom is -0.353 e. The number of rotatable bonds is 7. The van der Waals surface area contributed by atoms with Crippen molar-refractivity contribution in [1.82, 2.24) is 15.5 Å². The number of amides is 1. The Kier molecular flexibility index (Phi) is 6.46. The van der Waals surface area contributed by atoms with Gasteiger partial charge in [-0.05, 0) is 19.3 Å². The maximum atomic E-state index is 11.8. The van der Waals surface area contributed by atoms with Crippen molar-refractivity contribution in [2.45, 2.75) is 53.7 Å². The molecule has 1 N–H and O–H groups in total. The molecular weight excluding hydrogens is 298 g/mol. The van der Waals surface area contributed by atoms with E-state index in [1.807, 2.05) is 0 Å². The van der Waals surface area contributed by atoms with Crippen LogP contribution < -0.4 is 5.32 Å². The van der Waals surface area contributed by atoms with Crippen molar-refractivity contribution >= 4 is 40.8 Å². The Morgan fingerprint density at radius 1 is 1.32 bits per heavy atom. The summed E-state index contributed by atoms with van der Waals surface area (Å²) in [6.45, 7) is 2.15. The fourth-order valence-electron chi connectivity index (χ4n) is 1.97. The molecule has 4 nitrogen and oxygen atoms in total. The van der Waals surface area contributed by atoms with Crippen LogP contribution in [0.3, 0.4) is 0 Å². The van der Waals surface area contributed by atoms with Crippen LogP contribution in [0.1, 0.15) is 39.0 Å². The third kappa shape index (κ3) is 5.31. The lowest BCUT2D eigenvalue weighted by atomic mass is 10.2. The summed E-state index contributed by atoms with van der Waals surface area (Å²) in [4.78, 5) is 11.8.